The van der Waals surface area contributed by atoms with Crippen LogP contribution in [-0.2, 0) is 4.74 Å². The van der Waals surface area contributed by atoms with Gasteiger partial charge in [-0.25, -0.2) is 9.59 Å². The molecule has 5 rings (SSSR count). The molecule has 33 heavy (non-hydrogen) atoms. The first-order valence-electron chi connectivity index (χ1n) is 10.5. The Hall–Kier alpha value is -4.17. The molecule has 0 unspecified atom stereocenters. The van der Waals surface area contributed by atoms with Gasteiger partial charge in [0.15, 0.2) is 0 Å². The van der Waals surface area contributed by atoms with Crippen molar-refractivity contribution in [3.63, 3.8) is 0 Å². The number of urea groups is 1. The maximum atomic E-state index is 12.6. The lowest BCUT2D eigenvalue weighted by molar-refractivity contribution is 0.0553. The zero-order valence-electron chi connectivity index (χ0n) is 17.7. The van der Waals surface area contributed by atoms with Crippen molar-refractivity contribution >= 4 is 28.7 Å². The van der Waals surface area contributed by atoms with Crippen LogP contribution >= 0.6 is 0 Å². The molecule has 2 aromatic carbocycles. The highest BCUT2D eigenvalue weighted by atomic mass is 16.5. The van der Waals surface area contributed by atoms with E-state index in [1.807, 2.05) is 6.07 Å². The molecule has 1 aliphatic carbocycles. The number of carbonyl (C=O) groups is 2. The maximum Gasteiger partial charge on any atom is 0.344 e. The van der Waals surface area contributed by atoms with E-state index in [-0.39, 0.29) is 11.6 Å². The number of benzene rings is 3. The van der Waals surface area contributed by atoms with Gasteiger partial charge in [-0.2, -0.15) is 4.99 Å². The number of rotatable bonds is 2. The average molecular weight is 443 g/mol. The normalized spacial score (nSPS) is 14.7. The largest absolute Gasteiger partial charge is 0.478 e. The molecule has 3 aliphatic rings. The number of anilines is 1. The van der Waals surface area contributed by atoms with E-state index in [2.05, 4.69) is 4.99 Å². The van der Waals surface area contributed by atoms with Crippen LogP contribution in [0.5, 0.6) is 0 Å². The predicted molar refractivity (Wildman–Crippen MR) is 123 cm³/mol. The lowest BCUT2D eigenvalue weighted by Gasteiger charge is -2.24. The Balaban J connectivity index is 1.73. The van der Waals surface area contributed by atoms with E-state index in [0.29, 0.717) is 59.8 Å². The van der Waals surface area contributed by atoms with Gasteiger partial charge in [-0.1, -0.05) is 18.2 Å². The Labute approximate surface area is 188 Å². The molecular weight excluding hydrogens is 422 g/mol. The van der Waals surface area contributed by atoms with Gasteiger partial charge in [-0.15, -0.1) is 0 Å². The van der Waals surface area contributed by atoms with Crippen molar-refractivity contribution in [2.24, 2.45) is 4.99 Å². The Morgan fingerprint density at radius 2 is 1.76 bits per heavy atom. The first-order valence-corrected chi connectivity index (χ1v) is 10.5. The molecule has 166 valence electrons. The van der Waals surface area contributed by atoms with Crippen molar-refractivity contribution in [2.45, 2.75) is 0 Å². The third kappa shape index (κ3) is 3.92. The van der Waals surface area contributed by atoms with Crippen molar-refractivity contribution in [2.75, 3.05) is 32.0 Å². The molecule has 2 amide bonds. The number of hydrogen-bond acceptors (Lipinski definition) is 5. The molecule has 2 aliphatic heterocycles. The summed E-state index contributed by atoms with van der Waals surface area (Å²) in [6, 6.07) is 17.0. The molecule has 0 atom stereocenters. The topological polar surface area (TPSA) is 118 Å². The Kier molecular flexibility index (Phi) is 5.27. The zero-order valence-corrected chi connectivity index (χ0v) is 17.7. The van der Waals surface area contributed by atoms with Crippen LogP contribution in [0, 0.1) is 0 Å². The summed E-state index contributed by atoms with van der Waals surface area (Å²) < 4.78 is 11.4. The number of carbonyl (C=O) groups excluding carboxylic acids is 1. The SMILES string of the molecule is Nc1ccc2c(-c3ccccc3C(=O)O)c3ccc(=NC(=O)N4CCOCC4)cc-3oc2c1. The standard InChI is InChI=1S/C25H21N3O5/c26-15-5-7-19-21(13-15)33-22-14-16(27-25(31)28-9-11-32-12-10-28)6-8-20(22)23(19)17-3-1-2-4-18(17)24(29)30/h1-8,13-14H,9-12,26H2,(H,29,30). The van der Waals surface area contributed by atoms with Gasteiger partial charge in [0.05, 0.1) is 24.1 Å². The van der Waals surface area contributed by atoms with Gasteiger partial charge in [0.2, 0.25) is 0 Å². The van der Waals surface area contributed by atoms with Crippen molar-refractivity contribution in [3.05, 3.63) is 71.6 Å². The second kappa shape index (κ2) is 8.40. The molecule has 0 radical (unpaired) electrons. The van der Waals surface area contributed by atoms with Crippen molar-refractivity contribution in [3.8, 4) is 22.5 Å². The second-order valence-corrected chi connectivity index (χ2v) is 7.76. The number of amides is 2. The second-order valence-electron chi connectivity index (χ2n) is 7.76. The third-order valence-corrected chi connectivity index (χ3v) is 5.66. The van der Waals surface area contributed by atoms with Gasteiger partial charge < -0.3 is 24.9 Å². The zero-order chi connectivity index (χ0) is 22.9. The maximum absolute atomic E-state index is 12.6. The lowest BCUT2D eigenvalue weighted by Crippen LogP contribution is -2.39. The number of nitrogens with two attached hydrogens (primary N) is 1. The molecule has 0 saturated carbocycles. The van der Waals surface area contributed by atoms with Crippen LogP contribution < -0.4 is 11.1 Å². The highest BCUT2D eigenvalue weighted by Gasteiger charge is 2.21. The first kappa shape index (κ1) is 20.7. The van der Waals surface area contributed by atoms with E-state index in [0.717, 1.165) is 10.9 Å². The number of hydrogen-bond donors (Lipinski definition) is 2. The van der Waals surface area contributed by atoms with Crippen LogP contribution in [-0.4, -0.2) is 48.3 Å². The average Bonchev–Trinajstić information content (AvgIpc) is 2.83. The summed E-state index contributed by atoms with van der Waals surface area (Å²) in [5.74, 6) is -0.551. The van der Waals surface area contributed by atoms with Crippen molar-refractivity contribution in [1.29, 1.82) is 0 Å². The molecule has 2 heterocycles. The van der Waals surface area contributed by atoms with Crippen LogP contribution in [0.3, 0.4) is 0 Å². The highest BCUT2D eigenvalue weighted by molar-refractivity contribution is 6.07. The molecular formula is C25H21N3O5. The van der Waals surface area contributed by atoms with Gasteiger partial charge in [0, 0.05) is 47.4 Å². The Morgan fingerprint density at radius 1 is 0.970 bits per heavy atom. The fourth-order valence-electron chi connectivity index (χ4n) is 4.08. The molecule has 1 saturated heterocycles. The number of morpholine rings is 1. The number of aromatic carboxylic acids is 1. The van der Waals surface area contributed by atoms with Gasteiger partial charge >= 0.3 is 12.0 Å². The smallest absolute Gasteiger partial charge is 0.344 e. The van der Waals surface area contributed by atoms with E-state index in [4.69, 9.17) is 14.9 Å². The number of ether oxygens (including phenoxy) is 1. The first-order chi connectivity index (χ1) is 16.0. The summed E-state index contributed by atoms with van der Waals surface area (Å²) in [5, 5.41) is 11.0. The summed E-state index contributed by atoms with van der Waals surface area (Å²) in [5.41, 5.74) is 9.18. The number of carboxylic acid groups (broad SMARTS) is 1. The minimum Gasteiger partial charge on any atom is -0.478 e. The van der Waals surface area contributed by atoms with Crippen molar-refractivity contribution in [1.82, 2.24) is 4.90 Å². The van der Waals surface area contributed by atoms with Crippen LogP contribution in [0.4, 0.5) is 10.5 Å². The van der Waals surface area contributed by atoms with E-state index < -0.39 is 5.97 Å². The monoisotopic (exact) mass is 443 g/mol. The molecule has 2 aromatic rings. The van der Waals surface area contributed by atoms with Gasteiger partial charge in [0.1, 0.15) is 11.3 Å². The summed E-state index contributed by atoms with van der Waals surface area (Å²) in [4.78, 5) is 30.4. The quantitative estimate of drug-likeness (QED) is 0.359. The summed E-state index contributed by atoms with van der Waals surface area (Å²) in [6.07, 6.45) is 0. The minimum absolute atomic E-state index is 0.180. The number of carboxylic acids is 1. The van der Waals surface area contributed by atoms with Crippen LogP contribution in [0.2, 0.25) is 0 Å². The summed E-state index contributed by atoms with van der Waals surface area (Å²) in [7, 11) is 0. The van der Waals surface area contributed by atoms with E-state index in [1.54, 1.807) is 59.5 Å². The summed E-state index contributed by atoms with van der Waals surface area (Å²) in [6.45, 7) is 1.99. The molecule has 0 aromatic heterocycles. The fraction of sp³-hybridized carbons (Fsp3) is 0.160. The van der Waals surface area contributed by atoms with E-state index in [1.165, 1.54) is 0 Å². The van der Waals surface area contributed by atoms with Crippen LogP contribution in [0.1, 0.15) is 10.4 Å². The molecule has 8 heteroatoms. The molecule has 0 bridgehead atoms. The third-order valence-electron chi connectivity index (χ3n) is 5.66. The number of nitrogens with zero attached hydrogens (tertiary/aromatic N) is 2. The van der Waals surface area contributed by atoms with Crippen molar-refractivity contribution < 1.29 is 23.8 Å². The molecule has 1 fully saturated rings. The van der Waals surface area contributed by atoms with Crippen LogP contribution in [0.15, 0.2) is 70.1 Å². The van der Waals surface area contributed by atoms with Gasteiger partial charge in [-0.3, -0.25) is 0 Å². The Bertz CT molecular complexity index is 1420. The highest BCUT2D eigenvalue weighted by Crippen LogP contribution is 2.41. The van der Waals surface area contributed by atoms with E-state index >= 15 is 0 Å². The molecule has 8 nitrogen and oxygen atoms in total. The molecule has 0 spiro atoms. The van der Waals surface area contributed by atoms with E-state index in [9.17, 15) is 14.7 Å². The fourth-order valence-corrected chi connectivity index (χ4v) is 4.08. The number of nitrogen functional groups attached to an aromatic ring is 1. The summed E-state index contributed by atoms with van der Waals surface area (Å²) >= 11 is 0. The Morgan fingerprint density at radius 3 is 2.55 bits per heavy atom. The van der Waals surface area contributed by atoms with Crippen LogP contribution in [0.25, 0.3) is 33.4 Å². The van der Waals surface area contributed by atoms with Gasteiger partial charge in [-0.05, 0) is 35.9 Å². The van der Waals surface area contributed by atoms with Gasteiger partial charge in [0.25, 0.3) is 0 Å². The number of fused-ring (bicyclic) bond motifs is 2. The predicted octanol–water partition coefficient (Wildman–Crippen LogP) is 3.84. The minimum atomic E-state index is -1.02. The lowest BCUT2D eigenvalue weighted by atomic mass is 9.91. The molecule has 3 N–H and O–H groups in total.